The van der Waals surface area contributed by atoms with Crippen LogP contribution in [-0.2, 0) is 6.42 Å². The highest BCUT2D eigenvalue weighted by molar-refractivity contribution is 6.14. The third kappa shape index (κ3) is 2.30. The highest BCUT2D eigenvalue weighted by Crippen LogP contribution is 2.41. The zero-order valence-electron chi connectivity index (χ0n) is 14.2. The Hall–Kier alpha value is -3.41. The van der Waals surface area contributed by atoms with Crippen molar-refractivity contribution in [3.8, 4) is 17.2 Å². The summed E-state index contributed by atoms with van der Waals surface area (Å²) < 4.78 is 11.2. The van der Waals surface area contributed by atoms with E-state index in [0.29, 0.717) is 28.3 Å². The number of furan rings is 1. The largest absolute Gasteiger partial charge is 0.508 e. The molecule has 6 heteroatoms. The fourth-order valence-electron chi connectivity index (χ4n) is 3.09. The lowest BCUT2D eigenvalue weighted by molar-refractivity contribution is 0.400. The van der Waals surface area contributed by atoms with Gasteiger partial charge in [0, 0.05) is 17.0 Å². The van der Waals surface area contributed by atoms with E-state index in [4.69, 9.17) is 8.83 Å². The first kappa shape index (κ1) is 16.1. The number of aromatic hydroxyl groups is 3. The molecule has 0 aliphatic heterocycles. The van der Waals surface area contributed by atoms with Crippen LogP contribution in [0.1, 0.15) is 19.4 Å². The standard InChI is InChI=1S/C20H16O6/c1-9(2)3-5-12-17(23)14(22)8-13-16-19(26-18(12)13)11-6-4-10(21)7-15(11)25-20(16)24/h3-4,6-8,21-23H,5H2,1-2H3. The van der Waals surface area contributed by atoms with Crippen molar-refractivity contribution in [1.29, 1.82) is 0 Å². The Balaban J connectivity index is 2.19. The van der Waals surface area contributed by atoms with Crippen LogP contribution in [0.15, 0.2) is 49.5 Å². The summed E-state index contributed by atoms with van der Waals surface area (Å²) in [5.74, 6) is -0.640. The normalized spacial score (nSPS) is 11.5. The molecule has 0 amide bonds. The van der Waals surface area contributed by atoms with Gasteiger partial charge in [-0.2, -0.15) is 0 Å². The zero-order chi connectivity index (χ0) is 18.6. The summed E-state index contributed by atoms with van der Waals surface area (Å²) in [4.78, 5) is 12.5. The maximum Gasteiger partial charge on any atom is 0.348 e. The molecule has 4 rings (SSSR count). The SMILES string of the molecule is CC(C)=CCc1c(O)c(O)cc2c1oc1c3ccc(O)cc3oc(=O)c21. The fourth-order valence-corrected chi connectivity index (χ4v) is 3.09. The molecule has 0 saturated heterocycles. The molecule has 0 atom stereocenters. The van der Waals surface area contributed by atoms with Crippen LogP contribution in [0.3, 0.4) is 0 Å². The molecule has 2 aromatic carbocycles. The van der Waals surface area contributed by atoms with Crippen LogP contribution in [0.4, 0.5) is 0 Å². The first-order valence-corrected chi connectivity index (χ1v) is 8.06. The number of hydrogen-bond donors (Lipinski definition) is 3. The molecule has 6 nitrogen and oxygen atoms in total. The third-order valence-electron chi connectivity index (χ3n) is 4.36. The molecular formula is C20H16O6. The van der Waals surface area contributed by atoms with Gasteiger partial charge in [0.25, 0.3) is 0 Å². The van der Waals surface area contributed by atoms with Gasteiger partial charge in [0.15, 0.2) is 17.1 Å². The first-order chi connectivity index (χ1) is 12.4. The number of fused-ring (bicyclic) bond motifs is 5. The quantitative estimate of drug-likeness (QED) is 0.282. The maximum absolute atomic E-state index is 12.5. The minimum absolute atomic E-state index is 0.0318. The van der Waals surface area contributed by atoms with Gasteiger partial charge in [-0.1, -0.05) is 11.6 Å². The fraction of sp³-hybridized carbons (Fsp3) is 0.150. The second kappa shape index (κ2) is 5.56. The molecule has 0 fully saturated rings. The zero-order valence-corrected chi connectivity index (χ0v) is 14.2. The molecular weight excluding hydrogens is 336 g/mol. The van der Waals surface area contributed by atoms with Gasteiger partial charge in [-0.25, -0.2) is 4.79 Å². The topological polar surface area (TPSA) is 104 Å². The molecule has 0 unspecified atom stereocenters. The lowest BCUT2D eigenvalue weighted by Crippen LogP contribution is -1.98. The molecule has 0 aliphatic carbocycles. The highest BCUT2D eigenvalue weighted by atomic mass is 16.4. The minimum atomic E-state index is -0.643. The van der Waals surface area contributed by atoms with Crippen LogP contribution >= 0.6 is 0 Å². The van der Waals surface area contributed by atoms with Crippen molar-refractivity contribution in [1.82, 2.24) is 0 Å². The Morgan fingerprint density at radius 3 is 2.54 bits per heavy atom. The van der Waals surface area contributed by atoms with Gasteiger partial charge in [0.2, 0.25) is 0 Å². The van der Waals surface area contributed by atoms with Crippen molar-refractivity contribution in [2.24, 2.45) is 0 Å². The molecule has 2 aromatic heterocycles. The summed E-state index contributed by atoms with van der Waals surface area (Å²) in [6.07, 6.45) is 2.22. The van der Waals surface area contributed by atoms with Gasteiger partial charge >= 0.3 is 5.63 Å². The van der Waals surface area contributed by atoms with Crippen LogP contribution < -0.4 is 5.63 Å². The predicted molar refractivity (Wildman–Crippen MR) is 97.9 cm³/mol. The van der Waals surface area contributed by atoms with Crippen molar-refractivity contribution >= 4 is 32.9 Å². The van der Waals surface area contributed by atoms with Crippen LogP contribution in [0, 0.1) is 0 Å². The Labute approximate surface area is 147 Å². The summed E-state index contributed by atoms with van der Waals surface area (Å²) in [6.45, 7) is 3.84. The lowest BCUT2D eigenvalue weighted by atomic mass is 10.0. The Bertz CT molecular complexity index is 1270. The number of allylic oxidation sites excluding steroid dienone is 2. The molecule has 0 bridgehead atoms. The summed E-state index contributed by atoms with van der Waals surface area (Å²) >= 11 is 0. The number of phenols is 3. The van der Waals surface area contributed by atoms with Crippen LogP contribution in [0.25, 0.3) is 32.9 Å². The molecule has 2 heterocycles. The molecule has 4 aromatic rings. The van der Waals surface area contributed by atoms with Gasteiger partial charge in [-0.3, -0.25) is 0 Å². The summed E-state index contributed by atoms with van der Waals surface area (Å²) in [6, 6.07) is 5.69. The van der Waals surface area contributed by atoms with E-state index >= 15 is 0 Å². The van der Waals surface area contributed by atoms with E-state index in [1.165, 1.54) is 18.2 Å². The van der Waals surface area contributed by atoms with Gasteiger partial charge in [0.1, 0.15) is 22.3 Å². The van der Waals surface area contributed by atoms with Gasteiger partial charge in [0.05, 0.1) is 5.39 Å². The van der Waals surface area contributed by atoms with E-state index in [2.05, 4.69) is 0 Å². The summed E-state index contributed by atoms with van der Waals surface area (Å²) in [7, 11) is 0. The lowest BCUT2D eigenvalue weighted by Gasteiger charge is -2.05. The van der Waals surface area contributed by atoms with Crippen LogP contribution in [0.2, 0.25) is 0 Å². The molecule has 3 N–H and O–H groups in total. The molecule has 26 heavy (non-hydrogen) atoms. The Morgan fingerprint density at radius 2 is 1.81 bits per heavy atom. The van der Waals surface area contributed by atoms with Crippen LogP contribution in [-0.4, -0.2) is 15.3 Å². The van der Waals surface area contributed by atoms with E-state index < -0.39 is 5.63 Å². The molecule has 0 spiro atoms. The average Bonchev–Trinajstić information content (AvgIpc) is 2.94. The molecule has 0 saturated carbocycles. The Morgan fingerprint density at radius 1 is 1.04 bits per heavy atom. The van der Waals surface area contributed by atoms with Crippen molar-refractivity contribution in [3.05, 3.63) is 51.9 Å². The van der Waals surface area contributed by atoms with Crippen LogP contribution in [0.5, 0.6) is 17.2 Å². The predicted octanol–water partition coefficient (Wildman–Crippen LogP) is 4.32. The smallest absolute Gasteiger partial charge is 0.348 e. The average molecular weight is 352 g/mol. The van der Waals surface area contributed by atoms with E-state index in [-0.39, 0.29) is 33.8 Å². The third-order valence-corrected chi connectivity index (χ3v) is 4.36. The summed E-state index contributed by atoms with van der Waals surface area (Å²) in [5, 5.41) is 31.1. The van der Waals surface area contributed by atoms with E-state index in [1.807, 2.05) is 19.9 Å². The van der Waals surface area contributed by atoms with Crippen molar-refractivity contribution in [2.45, 2.75) is 20.3 Å². The van der Waals surface area contributed by atoms with E-state index in [9.17, 15) is 20.1 Å². The maximum atomic E-state index is 12.5. The second-order valence-electron chi connectivity index (χ2n) is 6.46. The van der Waals surface area contributed by atoms with E-state index in [0.717, 1.165) is 5.57 Å². The molecule has 132 valence electrons. The van der Waals surface area contributed by atoms with Crippen molar-refractivity contribution < 1.29 is 24.2 Å². The number of phenolic OH excluding ortho intramolecular Hbond substituents is 3. The number of rotatable bonds is 2. The van der Waals surface area contributed by atoms with Gasteiger partial charge < -0.3 is 24.2 Å². The number of benzene rings is 2. The highest BCUT2D eigenvalue weighted by Gasteiger charge is 2.22. The number of hydrogen-bond acceptors (Lipinski definition) is 6. The van der Waals surface area contributed by atoms with E-state index in [1.54, 1.807) is 6.07 Å². The van der Waals surface area contributed by atoms with Crippen molar-refractivity contribution in [3.63, 3.8) is 0 Å². The molecule has 0 aliphatic rings. The monoisotopic (exact) mass is 352 g/mol. The minimum Gasteiger partial charge on any atom is -0.508 e. The van der Waals surface area contributed by atoms with Gasteiger partial charge in [-0.05, 0) is 38.5 Å². The Kier molecular flexibility index (Phi) is 3.44. The molecule has 0 radical (unpaired) electrons. The second-order valence-corrected chi connectivity index (χ2v) is 6.46. The first-order valence-electron chi connectivity index (χ1n) is 8.06. The van der Waals surface area contributed by atoms with Crippen molar-refractivity contribution in [2.75, 3.05) is 0 Å². The van der Waals surface area contributed by atoms with Gasteiger partial charge in [-0.15, -0.1) is 0 Å². The summed E-state index contributed by atoms with van der Waals surface area (Å²) in [5.41, 5.74) is 1.59.